The van der Waals surface area contributed by atoms with Crippen LogP contribution in [0.3, 0.4) is 0 Å². The van der Waals surface area contributed by atoms with Gasteiger partial charge in [-0.15, -0.1) is 0 Å². The van der Waals surface area contributed by atoms with Gasteiger partial charge in [0.2, 0.25) is 10.0 Å². The van der Waals surface area contributed by atoms with Crippen LogP contribution in [0.2, 0.25) is 0 Å². The molecule has 0 aliphatic carbocycles. The van der Waals surface area contributed by atoms with Gasteiger partial charge in [-0.1, -0.05) is 35.9 Å². The number of amides is 1. The number of carbonyl (C=O) groups is 1. The summed E-state index contributed by atoms with van der Waals surface area (Å²) in [6.45, 7) is 1.83. The summed E-state index contributed by atoms with van der Waals surface area (Å²) >= 11 is 0. The first-order valence-corrected chi connectivity index (χ1v) is 11.6. The summed E-state index contributed by atoms with van der Waals surface area (Å²) in [6, 6.07) is 17.4. The van der Waals surface area contributed by atoms with Crippen LogP contribution in [0.5, 0.6) is 5.75 Å². The number of rotatable bonds is 6. The Labute approximate surface area is 174 Å². The Hall–Kier alpha value is -3.21. The van der Waals surface area contributed by atoms with Gasteiger partial charge < -0.3 is 9.50 Å². The molecule has 0 spiro atoms. The van der Waals surface area contributed by atoms with Crippen LogP contribution in [0.1, 0.15) is 15.9 Å². The number of primary sulfonamides is 1. The molecule has 0 fully saturated rings. The van der Waals surface area contributed by atoms with Crippen molar-refractivity contribution in [3.8, 4) is 5.75 Å². The lowest BCUT2D eigenvalue weighted by atomic mass is 10.2. The van der Waals surface area contributed by atoms with E-state index in [4.69, 9.17) is 9.32 Å². The Morgan fingerprint density at radius 2 is 1.57 bits per heavy atom. The predicted octanol–water partition coefficient (Wildman–Crippen LogP) is 2.66. The molecule has 156 valence electrons. The van der Waals surface area contributed by atoms with E-state index in [0.29, 0.717) is 0 Å². The van der Waals surface area contributed by atoms with Crippen molar-refractivity contribution < 1.29 is 25.8 Å². The zero-order valence-electron chi connectivity index (χ0n) is 15.8. The zero-order chi connectivity index (χ0) is 21.9. The summed E-state index contributed by atoms with van der Waals surface area (Å²) in [5.74, 6) is -0.744. The minimum absolute atomic E-state index is 0.00961. The molecule has 0 unspecified atom stereocenters. The van der Waals surface area contributed by atoms with Crippen LogP contribution in [0, 0.1) is 6.92 Å². The van der Waals surface area contributed by atoms with Crippen LogP contribution in [-0.4, -0.2) is 22.7 Å². The maximum Gasteiger partial charge on any atom is 0.339 e. The normalized spacial score (nSPS) is 11.7. The molecule has 0 heterocycles. The number of hydrogen-bond acceptors (Lipinski definition) is 6. The maximum atomic E-state index is 12.5. The van der Waals surface area contributed by atoms with Crippen molar-refractivity contribution in [2.45, 2.75) is 16.7 Å². The highest BCUT2D eigenvalue weighted by Crippen LogP contribution is 2.23. The number of benzene rings is 3. The predicted molar refractivity (Wildman–Crippen MR) is 111 cm³/mol. The highest BCUT2D eigenvalue weighted by molar-refractivity contribution is 7.89. The third-order valence-electron chi connectivity index (χ3n) is 4.05. The Morgan fingerprint density at radius 3 is 2.23 bits per heavy atom. The molecule has 30 heavy (non-hydrogen) atoms. The summed E-state index contributed by atoms with van der Waals surface area (Å²) in [7, 11) is -8.16. The average molecular weight is 447 g/mol. The monoisotopic (exact) mass is 446 g/mol. The number of hydrogen-bond donors (Lipinski definition) is 2. The quantitative estimate of drug-likeness (QED) is 0.560. The second-order valence-electron chi connectivity index (χ2n) is 6.37. The van der Waals surface area contributed by atoms with Crippen LogP contribution in [0.25, 0.3) is 0 Å². The summed E-state index contributed by atoms with van der Waals surface area (Å²) < 4.78 is 53.4. The van der Waals surface area contributed by atoms with Crippen molar-refractivity contribution in [3.05, 3.63) is 83.9 Å². The maximum absolute atomic E-state index is 12.5. The molecule has 3 N–H and O–H groups in total. The van der Waals surface area contributed by atoms with E-state index in [2.05, 4.69) is 5.32 Å². The fourth-order valence-electron chi connectivity index (χ4n) is 2.61. The minimum Gasteiger partial charge on any atom is -0.379 e. The number of anilines is 1. The number of carbonyl (C=O) groups excluding carboxylic acids is 1. The summed E-state index contributed by atoms with van der Waals surface area (Å²) in [5, 5.41) is 7.66. The van der Waals surface area contributed by atoms with Gasteiger partial charge >= 0.3 is 10.1 Å². The molecular weight excluding hydrogens is 428 g/mol. The van der Waals surface area contributed by atoms with Crippen molar-refractivity contribution in [2.24, 2.45) is 5.14 Å². The molecule has 0 saturated heterocycles. The van der Waals surface area contributed by atoms with E-state index < -0.39 is 26.0 Å². The molecule has 0 atom stereocenters. The molecule has 0 aliphatic heterocycles. The Kier molecular flexibility index (Phi) is 5.92. The van der Waals surface area contributed by atoms with Gasteiger partial charge in [-0.2, -0.15) is 8.42 Å². The summed E-state index contributed by atoms with van der Waals surface area (Å²) in [5.41, 5.74) is 0.970. The Balaban J connectivity index is 1.83. The Morgan fingerprint density at radius 1 is 0.900 bits per heavy atom. The minimum atomic E-state index is -4.10. The molecule has 0 saturated carbocycles. The van der Waals surface area contributed by atoms with Gasteiger partial charge in [0, 0.05) is 11.8 Å². The van der Waals surface area contributed by atoms with E-state index in [9.17, 15) is 21.6 Å². The van der Waals surface area contributed by atoms with E-state index in [-0.39, 0.29) is 26.8 Å². The number of aryl methyl sites for hydroxylation is 1. The van der Waals surface area contributed by atoms with Crippen LogP contribution in [0.4, 0.5) is 5.69 Å². The van der Waals surface area contributed by atoms with Crippen molar-refractivity contribution in [2.75, 3.05) is 5.32 Å². The molecule has 8 nitrogen and oxygen atoms in total. The van der Waals surface area contributed by atoms with Crippen molar-refractivity contribution in [1.82, 2.24) is 0 Å². The lowest BCUT2D eigenvalue weighted by molar-refractivity contribution is 0.102. The van der Waals surface area contributed by atoms with Gasteiger partial charge in [-0.3, -0.25) is 4.79 Å². The van der Waals surface area contributed by atoms with Crippen molar-refractivity contribution in [1.29, 1.82) is 0 Å². The molecule has 1 amide bonds. The molecule has 10 heteroatoms. The highest BCUT2D eigenvalue weighted by Gasteiger charge is 2.20. The molecule has 3 rings (SSSR count). The lowest BCUT2D eigenvalue weighted by Crippen LogP contribution is -2.20. The average Bonchev–Trinajstić information content (AvgIpc) is 2.67. The van der Waals surface area contributed by atoms with Gasteiger partial charge in [0.1, 0.15) is 10.6 Å². The zero-order valence-corrected chi connectivity index (χ0v) is 17.4. The summed E-state index contributed by atoms with van der Waals surface area (Å²) in [4.78, 5) is 12.2. The third kappa shape index (κ3) is 5.03. The second-order valence-corrected chi connectivity index (χ2v) is 9.45. The highest BCUT2D eigenvalue weighted by atomic mass is 32.2. The van der Waals surface area contributed by atoms with Gasteiger partial charge in [-0.05, 0) is 43.3 Å². The molecule has 0 aromatic heterocycles. The van der Waals surface area contributed by atoms with Crippen LogP contribution >= 0.6 is 0 Å². The van der Waals surface area contributed by atoms with Gasteiger partial charge in [0.15, 0.2) is 0 Å². The lowest BCUT2D eigenvalue weighted by Gasteiger charge is -2.11. The largest absolute Gasteiger partial charge is 0.379 e. The van der Waals surface area contributed by atoms with Crippen LogP contribution in [0.15, 0.2) is 82.6 Å². The first-order chi connectivity index (χ1) is 14.1. The van der Waals surface area contributed by atoms with E-state index >= 15 is 0 Å². The van der Waals surface area contributed by atoms with Gasteiger partial charge in [0.05, 0.1) is 10.5 Å². The smallest absolute Gasteiger partial charge is 0.339 e. The fourth-order valence-corrected chi connectivity index (χ4v) is 4.26. The van der Waals surface area contributed by atoms with Crippen LogP contribution < -0.4 is 14.6 Å². The number of nitrogens with one attached hydrogen (secondary N) is 1. The van der Waals surface area contributed by atoms with E-state index in [1.165, 1.54) is 60.7 Å². The first-order valence-electron chi connectivity index (χ1n) is 8.61. The fraction of sp³-hybridized carbons (Fsp3) is 0.0500. The Bertz CT molecular complexity index is 1300. The molecule has 0 aliphatic rings. The second kappa shape index (κ2) is 8.27. The molecule has 0 bridgehead atoms. The number of sulfonamides is 1. The topological polar surface area (TPSA) is 133 Å². The van der Waals surface area contributed by atoms with E-state index in [0.717, 1.165) is 5.56 Å². The van der Waals surface area contributed by atoms with Crippen molar-refractivity contribution in [3.63, 3.8) is 0 Å². The van der Waals surface area contributed by atoms with Crippen molar-refractivity contribution >= 4 is 31.7 Å². The van der Waals surface area contributed by atoms with E-state index in [1.807, 2.05) is 6.92 Å². The summed E-state index contributed by atoms with van der Waals surface area (Å²) in [6.07, 6.45) is 0. The van der Waals surface area contributed by atoms with Gasteiger partial charge in [-0.25, -0.2) is 13.6 Å². The number of nitrogens with two attached hydrogens (primary N) is 1. The first kappa shape index (κ1) is 21.5. The standard InChI is InChI=1S/C20H18N2O6S2/c1-14-9-11-17(12-10-14)30(26,27)28-16-6-4-5-15(13-16)22-20(23)18-7-2-3-8-19(18)29(21,24)25/h2-13H,1H3,(H,22,23)(H2,21,24,25). The molecular formula is C20H18N2O6S2. The third-order valence-corrected chi connectivity index (χ3v) is 6.28. The van der Waals surface area contributed by atoms with Gasteiger partial charge in [0.25, 0.3) is 5.91 Å². The van der Waals surface area contributed by atoms with E-state index in [1.54, 1.807) is 12.1 Å². The van der Waals surface area contributed by atoms with Crippen LogP contribution in [-0.2, 0) is 20.1 Å². The SMILES string of the molecule is Cc1ccc(S(=O)(=O)Oc2cccc(NC(=O)c3ccccc3S(N)(=O)=O)c2)cc1. The molecule has 3 aromatic rings. The molecule has 0 radical (unpaired) electrons. The molecule has 3 aromatic carbocycles.